The van der Waals surface area contributed by atoms with Crippen molar-refractivity contribution in [2.24, 2.45) is 5.41 Å². The van der Waals surface area contributed by atoms with Gasteiger partial charge in [0.25, 0.3) is 0 Å². The van der Waals surface area contributed by atoms with Gasteiger partial charge in [-0.3, -0.25) is 0 Å². The van der Waals surface area contributed by atoms with Gasteiger partial charge in [-0.05, 0) is 12.3 Å². The van der Waals surface area contributed by atoms with Crippen LogP contribution < -0.4 is 0 Å². The van der Waals surface area contributed by atoms with Crippen LogP contribution in [0.5, 0.6) is 0 Å². The van der Waals surface area contributed by atoms with Crippen LogP contribution in [0.1, 0.15) is 30.8 Å². The molecular formula is C10H14N2S2. The summed E-state index contributed by atoms with van der Waals surface area (Å²) in [4.78, 5) is 11.2. The highest BCUT2D eigenvalue weighted by Gasteiger charge is 2.15. The third kappa shape index (κ3) is 2.12. The zero-order valence-corrected chi connectivity index (χ0v) is 10.6. The largest absolute Gasteiger partial charge is 0.229 e. The van der Waals surface area contributed by atoms with Gasteiger partial charge in [-0.1, -0.05) is 43.4 Å². The molecule has 0 aromatic carbocycles. The number of hydrogen-bond acceptors (Lipinski definition) is 4. The Bertz CT molecular complexity index is 417. The minimum absolute atomic E-state index is 0.315. The van der Waals surface area contributed by atoms with Crippen LogP contribution in [0.15, 0.2) is 0 Å². The van der Waals surface area contributed by atoms with E-state index in [1.807, 2.05) is 6.92 Å². The summed E-state index contributed by atoms with van der Waals surface area (Å²) in [7, 11) is 0. The van der Waals surface area contributed by atoms with E-state index in [9.17, 15) is 0 Å². The first-order valence-electron chi connectivity index (χ1n) is 4.67. The molecule has 0 spiro atoms. The molecule has 76 valence electrons. The zero-order chi connectivity index (χ0) is 10.3. The summed E-state index contributed by atoms with van der Waals surface area (Å²) in [6.07, 6.45) is 1.04. The molecule has 2 aromatic rings. The molecule has 0 aliphatic rings. The number of aryl methyl sites for hydroxylation is 1. The van der Waals surface area contributed by atoms with E-state index in [1.54, 1.807) is 22.7 Å². The van der Waals surface area contributed by atoms with Crippen molar-refractivity contribution in [3.8, 4) is 0 Å². The average Bonchev–Trinajstić information content (AvgIpc) is 2.39. The first kappa shape index (κ1) is 10.1. The summed E-state index contributed by atoms with van der Waals surface area (Å²) in [5, 5.41) is 2.33. The number of thiazole rings is 2. The van der Waals surface area contributed by atoms with E-state index in [-0.39, 0.29) is 0 Å². The summed E-state index contributed by atoms with van der Waals surface area (Å²) in [6.45, 7) is 8.74. The lowest BCUT2D eigenvalue weighted by Crippen LogP contribution is -2.08. The smallest absolute Gasteiger partial charge is 0.155 e. The van der Waals surface area contributed by atoms with Crippen molar-refractivity contribution in [1.29, 1.82) is 0 Å². The predicted octanol–water partition coefficient (Wildman–Crippen LogP) is 3.65. The fourth-order valence-electron chi connectivity index (χ4n) is 1.31. The molecule has 0 aliphatic heterocycles. The SMILES string of the molecule is Cc1nc2sc(CC(C)(C)C)nc2s1. The molecule has 2 heterocycles. The minimum atomic E-state index is 0.315. The van der Waals surface area contributed by atoms with Crippen molar-refractivity contribution < 1.29 is 0 Å². The molecule has 4 heteroatoms. The van der Waals surface area contributed by atoms with E-state index in [4.69, 9.17) is 0 Å². The van der Waals surface area contributed by atoms with Crippen molar-refractivity contribution in [1.82, 2.24) is 9.97 Å². The molecular weight excluding hydrogens is 212 g/mol. The van der Waals surface area contributed by atoms with Crippen LogP contribution >= 0.6 is 22.7 Å². The van der Waals surface area contributed by atoms with Crippen molar-refractivity contribution >= 4 is 32.3 Å². The summed E-state index contributed by atoms with van der Waals surface area (Å²) in [5.74, 6) is 0. The molecule has 14 heavy (non-hydrogen) atoms. The second-order valence-corrected chi connectivity index (χ2v) is 6.93. The van der Waals surface area contributed by atoms with E-state index in [1.165, 1.54) is 5.01 Å². The fraction of sp³-hybridized carbons (Fsp3) is 0.600. The molecule has 0 amide bonds. The summed E-state index contributed by atoms with van der Waals surface area (Å²) in [6, 6.07) is 0. The second kappa shape index (κ2) is 3.28. The van der Waals surface area contributed by atoms with Gasteiger partial charge < -0.3 is 0 Å². The molecule has 0 saturated heterocycles. The van der Waals surface area contributed by atoms with Gasteiger partial charge in [0.2, 0.25) is 0 Å². The minimum Gasteiger partial charge on any atom is -0.229 e. The monoisotopic (exact) mass is 226 g/mol. The Balaban J connectivity index is 2.32. The molecule has 0 N–H and O–H groups in total. The number of hydrogen-bond donors (Lipinski definition) is 0. The van der Waals surface area contributed by atoms with Crippen molar-refractivity contribution in [3.63, 3.8) is 0 Å². The quantitative estimate of drug-likeness (QED) is 0.741. The lowest BCUT2D eigenvalue weighted by molar-refractivity contribution is 0.411. The molecule has 0 unspecified atom stereocenters. The Labute approximate surface area is 92.0 Å². The normalized spacial score (nSPS) is 12.6. The van der Waals surface area contributed by atoms with Crippen molar-refractivity contribution in [2.45, 2.75) is 34.1 Å². The third-order valence-electron chi connectivity index (χ3n) is 1.81. The maximum atomic E-state index is 4.59. The van der Waals surface area contributed by atoms with E-state index >= 15 is 0 Å². The van der Waals surface area contributed by atoms with Gasteiger partial charge in [-0.25, -0.2) is 9.97 Å². The standard InChI is InChI=1S/C10H14N2S2/c1-6-11-8-9(13-6)12-7(14-8)5-10(2,3)4/h5H2,1-4H3. The van der Waals surface area contributed by atoms with Gasteiger partial charge in [0.1, 0.15) is 0 Å². The summed E-state index contributed by atoms with van der Waals surface area (Å²) in [5.41, 5.74) is 0.315. The van der Waals surface area contributed by atoms with Crippen LogP contribution in [0.3, 0.4) is 0 Å². The lowest BCUT2D eigenvalue weighted by Gasteiger charge is -2.15. The molecule has 2 nitrogen and oxygen atoms in total. The highest BCUT2D eigenvalue weighted by Crippen LogP contribution is 2.30. The molecule has 0 aliphatic carbocycles. The second-order valence-electron chi connectivity index (χ2n) is 4.69. The summed E-state index contributed by atoms with van der Waals surface area (Å²) < 4.78 is 0. The zero-order valence-electron chi connectivity index (χ0n) is 8.92. The van der Waals surface area contributed by atoms with Crippen LogP contribution in [0, 0.1) is 12.3 Å². The Morgan fingerprint density at radius 3 is 2.29 bits per heavy atom. The highest BCUT2D eigenvalue weighted by atomic mass is 32.1. The van der Waals surface area contributed by atoms with Gasteiger partial charge in [0, 0.05) is 6.42 Å². The van der Waals surface area contributed by atoms with E-state index in [0.29, 0.717) is 5.41 Å². The van der Waals surface area contributed by atoms with Crippen LogP contribution in [0.4, 0.5) is 0 Å². The molecule has 0 bridgehead atoms. The first-order chi connectivity index (χ1) is 6.44. The average molecular weight is 226 g/mol. The Morgan fingerprint density at radius 1 is 1.07 bits per heavy atom. The van der Waals surface area contributed by atoms with E-state index < -0.39 is 0 Å². The van der Waals surface area contributed by atoms with Gasteiger partial charge in [-0.15, -0.1) is 0 Å². The Hall–Kier alpha value is -0.480. The maximum absolute atomic E-state index is 4.59. The van der Waals surface area contributed by atoms with Gasteiger partial charge in [0.05, 0.1) is 10.0 Å². The number of aromatic nitrogens is 2. The van der Waals surface area contributed by atoms with Crippen LogP contribution in [-0.2, 0) is 6.42 Å². The Kier molecular flexibility index (Phi) is 2.35. The van der Waals surface area contributed by atoms with Gasteiger partial charge >= 0.3 is 0 Å². The van der Waals surface area contributed by atoms with Crippen LogP contribution in [-0.4, -0.2) is 9.97 Å². The molecule has 0 saturated carbocycles. The maximum Gasteiger partial charge on any atom is 0.155 e. The molecule has 2 rings (SSSR count). The van der Waals surface area contributed by atoms with Gasteiger partial charge in [-0.2, -0.15) is 0 Å². The molecule has 0 radical (unpaired) electrons. The highest BCUT2D eigenvalue weighted by molar-refractivity contribution is 7.26. The third-order valence-corrected chi connectivity index (χ3v) is 3.75. The van der Waals surface area contributed by atoms with E-state index in [2.05, 4.69) is 30.7 Å². The van der Waals surface area contributed by atoms with E-state index in [0.717, 1.165) is 21.1 Å². The number of nitrogens with zero attached hydrogens (tertiary/aromatic N) is 2. The molecule has 0 fully saturated rings. The first-order valence-corrected chi connectivity index (χ1v) is 6.30. The molecule has 2 aromatic heterocycles. The van der Waals surface area contributed by atoms with Crippen molar-refractivity contribution in [2.75, 3.05) is 0 Å². The lowest BCUT2D eigenvalue weighted by atomic mass is 9.93. The fourth-order valence-corrected chi connectivity index (χ4v) is 3.56. The predicted molar refractivity (Wildman–Crippen MR) is 63.2 cm³/mol. The number of fused-ring (bicyclic) bond motifs is 1. The Morgan fingerprint density at radius 2 is 1.71 bits per heavy atom. The number of rotatable bonds is 1. The van der Waals surface area contributed by atoms with Gasteiger partial charge in [0.15, 0.2) is 9.66 Å². The van der Waals surface area contributed by atoms with Crippen molar-refractivity contribution in [3.05, 3.63) is 10.0 Å². The van der Waals surface area contributed by atoms with Crippen LogP contribution in [0.2, 0.25) is 0 Å². The van der Waals surface area contributed by atoms with Crippen LogP contribution in [0.25, 0.3) is 9.66 Å². The molecule has 0 atom stereocenters. The summed E-state index contributed by atoms with van der Waals surface area (Å²) >= 11 is 3.42. The topological polar surface area (TPSA) is 25.8 Å².